The number of benzene rings is 3. The fourth-order valence-electron chi connectivity index (χ4n) is 4.93. The van der Waals surface area contributed by atoms with Gasteiger partial charge in [0.25, 0.3) is 0 Å². The van der Waals surface area contributed by atoms with Crippen molar-refractivity contribution in [3.8, 4) is 0 Å². The first kappa shape index (κ1) is 15.7. The second-order valence-electron chi connectivity index (χ2n) is 7.47. The van der Waals surface area contributed by atoms with Gasteiger partial charge in [-0.15, -0.1) is 23.2 Å². The molecule has 0 amide bonds. The van der Waals surface area contributed by atoms with Gasteiger partial charge >= 0.3 is 11.9 Å². The minimum atomic E-state index is -1.61. The van der Waals surface area contributed by atoms with Crippen molar-refractivity contribution >= 4 is 56.7 Å². The molecule has 3 aliphatic carbocycles. The lowest BCUT2D eigenvalue weighted by molar-refractivity contribution is -0.153. The molecule has 3 nitrogen and oxygen atoms in total. The normalized spacial score (nSPS) is 33.4. The molecule has 5 heteroatoms. The number of halogens is 2. The van der Waals surface area contributed by atoms with Crippen molar-refractivity contribution in [1.82, 2.24) is 0 Å². The maximum absolute atomic E-state index is 12.5. The zero-order valence-corrected chi connectivity index (χ0v) is 15.4. The van der Waals surface area contributed by atoms with E-state index in [0.29, 0.717) is 0 Å². The number of hydrogen-bond acceptors (Lipinski definition) is 3. The summed E-state index contributed by atoms with van der Waals surface area (Å²) < 4.78 is 4.91. The maximum atomic E-state index is 12.5. The van der Waals surface area contributed by atoms with Crippen LogP contribution in [-0.2, 0) is 14.3 Å². The van der Waals surface area contributed by atoms with E-state index in [1.807, 2.05) is 24.3 Å². The van der Waals surface area contributed by atoms with E-state index in [9.17, 15) is 9.59 Å². The molecule has 27 heavy (non-hydrogen) atoms. The molecule has 7 rings (SSSR count). The third kappa shape index (κ3) is 1.62. The summed E-state index contributed by atoms with van der Waals surface area (Å²) in [5, 5.41) is 4.41. The molecule has 1 heterocycles. The Labute approximate surface area is 164 Å². The quantitative estimate of drug-likeness (QED) is 0.181. The van der Waals surface area contributed by atoms with Crippen LogP contribution in [-0.4, -0.2) is 21.7 Å². The van der Waals surface area contributed by atoms with E-state index in [1.165, 1.54) is 0 Å². The van der Waals surface area contributed by atoms with Crippen molar-refractivity contribution in [3.63, 3.8) is 0 Å². The van der Waals surface area contributed by atoms with Crippen LogP contribution in [0.1, 0.15) is 23.0 Å². The molecule has 0 saturated carbocycles. The zero-order chi connectivity index (χ0) is 18.6. The Morgan fingerprint density at radius 3 is 1.59 bits per heavy atom. The van der Waals surface area contributed by atoms with Crippen molar-refractivity contribution in [2.75, 3.05) is 0 Å². The first-order chi connectivity index (χ1) is 12.9. The topological polar surface area (TPSA) is 43.4 Å². The van der Waals surface area contributed by atoms with Crippen LogP contribution in [0.2, 0.25) is 0 Å². The van der Waals surface area contributed by atoms with Crippen LogP contribution < -0.4 is 0 Å². The van der Waals surface area contributed by atoms with Gasteiger partial charge in [0, 0.05) is 11.8 Å². The van der Waals surface area contributed by atoms with Gasteiger partial charge in [-0.2, -0.15) is 0 Å². The molecule has 0 spiro atoms. The van der Waals surface area contributed by atoms with E-state index < -0.39 is 33.5 Å². The molecule has 0 radical (unpaired) electrons. The van der Waals surface area contributed by atoms with E-state index in [0.717, 1.165) is 32.7 Å². The molecule has 0 N–H and O–H groups in total. The van der Waals surface area contributed by atoms with Crippen LogP contribution in [0.4, 0.5) is 0 Å². The molecule has 3 aromatic rings. The van der Waals surface area contributed by atoms with Crippen LogP contribution in [0, 0.1) is 0 Å². The summed E-state index contributed by atoms with van der Waals surface area (Å²) in [7, 11) is 0. The summed E-state index contributed by atoms with van der Waals surface area (Å²) in [4.78, 5) is 21.8. The molecule has 3 aromatic carbocycles. The largest absolute Gasteiger partial charge is 0.390 e. The maximum Gasteiger partial charge on any atom is 0.338 e. The summed E-state index contributed by atoms with van der Waals surface area (Å²) in [5.41, 5.74) is 1.87. The summed E-state index contributed by atoms with van der Waals surface area (Å²) in [5.74, 6) is -2.53. The first-order valence-electron chi connectivity index (χ1n) is 8.74. The molecule has 1 aliphatic heterocycles. The summed E-state index contributed by atoms with van der Waals surface area (Å²) in [6.07, 6.45) is 3.76. The highest BCUT2D eigenvalue weighted by molar-refractivity contribution is 6.52. The number of rotatable bonds is 0. The number of allylic oxidation sites excluding steroid dienone is 2. The first-order valence-corrected chi connectivity index (χ1v) is 9.49. The number of esters is 2. The Bertz CT molecular complexity index is 1150. The molecule has 0 aromatic heterocycles. The molecule has 1 fully saturated rings. The third-order valence-electron chi connectivity index (χ3n) is 6.24. The molecular weight excluding hydrogens is 383 g/mol. The Hall–Kier alpha value is -2.36. The lowest BCUT2D eigenvalue weighted by atomic mass is 9.59. The van der Waals surface area contributed by atoms with Crippen molar-refractivity contribution in [2.45, 2.75) is 21.6 Å². The number of cyclic esters (lactones) is 2. The predicted octanol–water partition coefficient (Wildman–Crippen LogP) is 4.78. The molecular formula is C22H12Cl2O3. The van der Waals surface area contributed by atoms with Crippen molar-refractivity contribution < 1.29 is 14.3 Å². The smallest absolute Gasteiger partial charge is 0.338 e. The van der Waals surface area contributed by atoms with Gasteiger partial charge in [-0.1, -0.05) is 48.6 Å². The summed E-state index contributed by atoms with van der Waals surface area (Å²) in [6.45, 7) is 0. The van der Waals surface area contributed by atoms with Crippen LogP contribution >= 0.6 is 23.2 Å². The van der Waals surface area contributed by atoms with Crippen LogP contribution in [0.5, 0.6) is 0 Å². The highest BCUT2D eigenvalue weighted by Gasteiger charge is 2.76. The Morgan fingerprint density at radius 2 is 1.15 bits per heavy atom. The number of ether oxygens (including phenoxy) is 1. The van der Waals surface area contributed by atoms with Crippen molar-refractivity contribution in [3.05, 3.63) is 71.8 Å². The van der Waals surface area contributed by atoms with Crippen LogP contribution in [0.3, 0.4) is 0 Å². The third-order valence-corrected chi connectivity index (χ3v) is 7.71. The standard InChI is InChI=1S/C22H12Cl2O3/c23-21-17-5-6-18(22(21,24)20(26)27-19(21)25)16-10-14-8-12-4-2-1-3-11(12)7-13(14)9-15(16)17/h1-10,17-18H. The lowest BCUT2D eigenvalue weighted by Crippen LogP contribution is -2.60. The van der Waals surface area contributed by atoms with Crippen LogP contribution in [0.15, 0.2) is 60.7 Å². The average molecular weight is 395 g/mol. The van der Waals surface area contributed by atoms with Gasteiger partial charge in [-0.3, -0.25) is 0 Å². The number of alkyl halides is 2. The second-order valence-corrected chi connectivity index (χ2v) is 8.66. The number of carbonyl (C=O) groups excluding carboxylic acids is 2. The van der Waals surface area contributed by atoms with Crippen LogP contribution in [0.25, 0.3) is 21.5 Å². The van der Waals surface area contributed by atoms with E-state index >= 15 is 0 Å². The zero-order valence-electron chi connectivity index (χ0n) is 13.9. The molecule has 1 saturated heterocycles. The van der Waals surface area contributed by atoms with Gasteiger partial charge in [0.05, 0.1) is 0 Å². The predicted molar refractivity (Wildman–Crippen MR) is 104 cm³/mol. The summed E-state index contributed by atoms with van der Waals surface area (Å²) in [6, 6.07) is 16.5. The van der Waals surface area contributed by atoms with Crippen molar-refractivity contribution in [1.29, 1.82) is 0 Å². The minimum Gasteiger partial charge on any atom is -0.390 e. The van der Waals surface area contributed by atoms with Crippen molar-refractivity contribution in [2.24, 2.45) is 0 Å². The van der Waals surface area contributed by atoms with E-state index in [4.69, 9.17) is 27.9 Å². The second kappa shape index (κ2) is 4.73. The van der Waals surface area contributed by atoms with Gasteiger partial charge in [0.15, 0.2) is 9.75 Å². The van der Waals surface area contributed by atoms with Gasteiger partial charge < -0.3 is 4.74 Å². The fourth-order valence-corrected chi connectivity index (χ4v) is 5.77. The SMILES string of the molecule is O=C1OC(=O)C2(Cl)C3C=CC(c4cc5cc6ccccc6cc5cc43)C12Cl. The van der Waals surface area contributed by atoms with E-state index in [2.05, 4.69) is 36.4 Å². The average Bonchev–Trinajstić information content (AvgIpc) is 2.86. The summed E-state index contributed by atoms with van der Waals surface area (Å²) >= 11 is 13.5. The Morgan fingerprint density at radius 1 is 0.704 bits per heavy atom. The Kier molecular flexibility index (Phi) is 2.74. The fraction of sp³-hybridized carbons (Fsp3) is 0.182. The van der Waals surface area contributed by atoms with Gasteiger partial charge in [-0.05, 0) is 44.8 Å². The van der Waals surface area contributed by atoms with Gasteiger partial charge in [0.1, 0.15) is 0 Å². The number of carbonyl (C=O) groups is 2. The van der Waals surface area contributed by atoms with Gasteiger partial charge in [0.2, 0.25) is 0 Å². The highest BCUT2D eigenvalue weighted by Crippen LogP contribution is 2.65. The number of hydrogen-bond donors (Lipinski definition) is 0. The molecule has 132 valence electrons. The molecule has 4 unspecified atom stereocenters. The highest BCUT2D eigenvalue weighted by atomic mass is 35.5. The van der Waals surface area contributed by atoms with Gasteiger partial charge in [-0.25, -0.2) is 9.59 Å². The number of fused-ring (bicyclic) bond motifs is 2. The molecule has 4 aliphatic rings. The molecule has 4 atom stereocenters. The van der Waals surface area contributed by atoms with E-state index in [1.54, 1.807) is 0 Å². The monoisotopic (exact) mass is 394 g/mol. The lowest BCUT2D eigenvalue weighted by Gasteiger charge is -2.48. The minimum absolute atomic E-state index is 0.508. The Balaban J connectivity index is 1.69. The molecule has 2 bridgehead atoms. The van der Waals surface area contributed by atoms with E-state index in [-0.39, 0.29) is 0 Å².